The number of carbonyl (C=O) groups is 1. The molecule has 0 atom stereocenters. The van der Waals surface area contributed by atoms with Gasteiger partial charge in [-0.3, -0.25) is 4.79 Å². The minimum absolute atomic E-state index is 0.0736. The van der Waals surface area contributed by atoms with Gasteiger partial charge < -0.3 is 0 Å². The molecule has 98 valence electrons. The molecule has 0 aliphatic rings. The molecule has 0 aliphatic heterocycles. The van der Waals surface area contributed by atoms with E-state index in [2.05, 4.69) is 15.9 Å². The third kappa shape index (κ3) is 3.39. The maximum Gasteiger partial charge on any atom is 0.168 e. The highest BCUT2D eigenvalue weighted by molar-refractivity contribution is 9.10. The Bertz CT molecular complexity index is 643. The summed E-state index contributed by atoms with van der Waals surface area (Å²) in [6.45, 7) is 0. The molecule has 0 radical (unpaired) electrons. The average molecular weight is 346 g/mol. The fourth-order valence-corrected chi connectivity index (χ4v) is 2.34. The Balaban J connectivity index is 2.23. The first-order chi connectivity index (χ1) is 8.97. The summed E-state index contributed by atoms with van der Waals surface area (Å²) in [4.78, 5) is 12.0. The van der Waals surface area contributed by atoms with E-state index < -0.39 is 11.6 Å². The van der Waals surface area contributed by atoms with Gasteiger partial charge in [0.05, 0.1) is 9.50 Å². The molecule has 1 nitrogen and oxygen atoms in total. The molecule has 0 bridgehead atoms. The van der Waals surface area contributed by atoms with Crippen LogP contribution in [-0.2, 0) is 6.42 Å². The Morgan fingerprint density at radius 2 is 1.89 bits per heavy atom. The van der Waals surface area contributed by atoms with Crippen LogP contribution in [-0.4, -0.2) is 5.78 Å². The molecule has 0 aromatic heterocycles. The minimum atomic E-state index is -0.494. The van der Waals surface area contributed by atoms with E-state index in [0.29, 0.717) is 10.0 Å². The van der Waals surface area contributed by atoms with Crippen molar-refractivity contribution in [2.75, 3.05) is 0 Å². The largest absolute Gasteiger partial charge is 0.294 e. The summed E-state index contributed by atoms with van der Waals surface area (Å²) in [5, 5.41) is 0.0752. The first kappa shape index (κ1) is 14.2. The maximum atomic E-state index is 13.1. The van der Waals surface area contributed by atoms with Gasteiger partial charge in [0.1, 0.15) is 11.6 Å². The van der Waals surface area contributed by atoms with Crippen molar-refractivity contribution in [3.05, 3.63) is 68.7 Å². The fourth-order valence-electron chi connectivity index (χ4n) is 1.65. The minimum Gasteiger partial charge on any atom is -0.294 e. The first-order valence-corrected chi connectivity index (χ1v) is 6.56. The van der Waals surface area contributed by atoms with E-state index in [1.807, 2.05) is 0 Å². The van der Waals surface area contributed by atoms with E-state index in [1.165, 1.54) is 30.3 Å². The molecule has 0 N–H and O–H groups in total. The van der Waals surface area contributed by atoms with Crippen LogP contribution < -0.4 is 0 Å². The van der Waals surface area contributed by atoms with Crippen LogP contribution in [0.4, 0.5) is 8.78 Å². The lowest BCUT2D eigenvalue weighted by Crippen LogP contribution is -2.04. The SMILES string of the molecule is O=C(Cc1ccc(F)c(Br)c1)c1ccc(F)cc1Cl. The van der Waals surface area contributed by atoms with Gasteiger partial charge in [-0.2, -0.15) is 0 Å². The molecule has 0 saturated heterocycles. The summed E-state index contributed by atoms with van der Waals surface area (Å²) in [6.07, 6.45) is 0.0736. The van der Waals surface area contributed by atoms with Crippen LogP contribution in [0.25, 0.3) is 0 Å². The number of carbonyl (C=O) groups excluding carboxylic acids is 1. The average Bonchev–Trinajstić information content (AvgIpc) is 2.33. The maximum absolute atomic E-state index is 13.1. The highest BCUT2D eigenvalue weighted by atomic mass is 79.9. The van der Waals surface area contributed by atoms with Crippen molar-refractivity contribution in [2.24, 2.45) is 0 Å². The summed E-state index contributed by atoms with van der Waals surface area (Å²) in [6, 6.07) is 7.95. The van der Waals surface area contributed by atoms with Crippen LogP contribution >= 0.6 is 27.5 Å². The van der Waals surface area contributed by atoms with Gasteiger partial charge in [-0.25, -0.2) is 8.78 Å². The third-order valence-corrected chi connectivity index (χ3v) is 3.50. The number of benzene rings is 2. The highest BCUT2D eigenvalue weighted by Gasteiger charge is 2.12. The van der Waals surface area contributed by atoms with Crippen LogP contribution in [0, 0.1) is 11.6 Å². The van der Waals surface area contributed by atoms with Crippen LogP contribution in [0.15, 0.2) is 40.9 Å². The normalized spacial score (nSPS) is 10.5. The van der Waals surface area contributed by atoms with Crippen molar-refractivity contribution in [1.82, 2.24) is 0 Å². The zero-order chi connectivity index (χ0) is 14.0. The summed E-state index contributed by atoms with van der Waals surface area (Å²) < 4.78 is 26.3. The molecule has 19 heavy (non-hydrogen) atoms. The quantitative estimate of drug-likeness (QED) is 0.730. The smallest absolute Gasteiger partial charge is 0.168 e. The molecule has 5 heteroatoms. The lowest BCUT2D eigenvalue weighted by molar-refractivity contribution is 0.0993. The molecule has 0 fully saturated rings. The van der Waals surface area contributed by atoms with E-state index in [9.17, 15) is 13.6 Å². The summed E-state index contributed by atoms with van der Waals surface area (Å²) in [5.74, 6) is -1.13. The van der Waals surface area contributed by atoms with Crippen molar-refractivity contribution in [3.63, 3.8) is 0 Å². The lowest BCUT2D eigenvalue weighted by atomic mass is 10.0. The number of hydrogen-bond acceptors (Lipinski definition) is 1. The van der Waals surface area contributed by atoms with Crippen molar-refractivity contribution in [1.29, 1.82) is 0 Å². The van der Waals surface area contributed by atoms with E-state index >= 15 is 0 Å². The van der Waals surface area contributed by atoms with Crippen LogP contribution in [0.3, 0.4) is 0 Å². The zero-order valence-electron chi connectivity index (χ0n) is 9.59. The van der Waals surface area contributed by atoms with Crippen molar-refractivity contribution in [2.45, 2.75) is 6.42 Å². The topological polar surface area (TPSA) is 17.1 Å². The molecule has 2 aromatic rings. The molecule has 0 saturated carbocycles. The number of rotatable bonds is 3. The standard InChI is InChI=1S/C14H8BrClF2O/c15-11-5-8(1-4-13(11)18)6-14(19)10-3-2-9(17)7-12(10)16/h1-5,7H,6H2. The van der Waals surface area contributed by atoms with Gasteiger partial charge in [0, 0.05) is 12.0 Å². The number of halogens is 4. The lowest BCUT2D eigenvalue weighted by Gasteiger charge is -2.05. The summed E-state index contributed by atoms with van der Waals surface area (Å²) in [5.41, 5.74) is 0.905. The van der Waals surface area contributed by atoms with E-state index in [4.69, 9.17) is 11.6 Å². The van der Waals surface area contributed by atoms with Gasteiger partial charge in [0.15, 0.2) is 5.78 Å². The molecule has 2 rings (SSSR count). The van der Waals surface area contributed by atoms with Crippen molar-refractivity contribution in [3.8, 4) is 0 Å². The molecule has 0 amide bonds. The van der Waals surface area contributed by atoms with Gasteiger partial charge in [0.2, 0.25) is 0 Å². The first-order valence-electron chi connectivity index (χ1n) is 5.39. The third-order valence-electron chi connectivity index (χ3n) is 2.58. The van der Waals surface area contributed by atoms with E-state index in [0.717, 1.165) is 6.07 Å². The Hall–Kier alpha value is -1.26. The summed E-state index contributed by atoms with van der Waals surface area (Å²) >= 11 is 8.87. The van der Waals surface area contributed by atoms with Crippen molar-refractivity contribution < 1.29 is 13.6 Å². The molecule has 0 unspecified atom stereocenters. The molecule has 0 heterocycles. The second kappa shape index (κ2) is 5.80. The Kier molecular flexibility index (Phi) is 4.32. The number of Topliss-reactive ketones (excluding diaryl/α,β-unsaturated/α-hetero) is 1. The highest BCUT2D eigenvalue weighted by Crippen LogP contribution is 2.21. The number of ketones is 1. The van der Waals surface area contributed by atoms with Crippen LogP contribution in [0.2, 0.25) is 5.02 Å². The van der Waals surface area contributed by atoms with Gasteiger partial charge in [-0.15, -0.1) is 0 Å². The van der Waals surface area contributed by atoms with Crippen LogP contribution in [0.1, 0.15) is 15.9 Å². The van der Waals surface area contributed by atoms with E-state index in [-0.39, 0.29) is 22.8 Å². The Morgan fingerprint density at radius 1 is 1.16 bits per heavy atom. The Labute approximate surface area is 122 Å². The summed E-state index contributed by atoms with van der Waals surface area (Å²) in [7, 11) is 0. The monoisotopic (exact) mass is 344 g/mol. The molecular weight excluding hydrogens is 338 g/mol. The number of hydrogen-bond donors (Lipinski definition) is 0. The Morgan fingerprint density at radius 3 is 2.53 bits per heavy atom. The second-order valence-corrected chi connectivity index (χ2v) is 5.23. The van der Waals surface area contributed by atoms with Gasteiger partial charge in [-0.05, 0) is 51.8 Å². The zero-order valence-corrected chi connectivity index (χ0v) is 11.9. The second-order valence-electron chi connectivity index (χ2n) is 3.97. The predicted molar refractivity (Wildman–Crippen MR) is 73.5 cm³/mol. The fraction of sp³-hybridized carbons (Fsp3) is 0.0714. The van der Waals surface area contributed by atoms with Gasteiger partial charge >= 0.3 is 0 Å². The molecule has 0 aliphatic carbocycles. The van der Waals surface area contributed by atoms with Crippen molar-refractivity contribution >= 4 is 33.3 Å². The van der Waals surface area contributed by atoms with Gasteiger partial charge in [0.25, 0.3) is 0 Å². The van der Waals surface area contributed by atoms with Crippen LogP contribution in [0.5, 0.6) is 0 Å². The predicted octanol–water partition coefficient (Wildman–Crippen LogP) is 4.81. The van der Waals surface area contributed by atoms with Gasteiger partial charge in [-0.1, -0.05) is 17.7 Å². The molecule has 0 spiro atoms. The van der Waals surface area contributed by atoms with E-state index in [1.54, 1.807) is 0 Å². The molecular formula is C14H8BrClF2O. The molecule has 2 aromatic carbocycles.